The smallest absolute Gasteiger partial charge is 0.155 e. The van der Waals surface area contributed by atoms with Gasteiger partial charge in [0.15, 0.2) is 5.82 Å². The van der Waals surface area contributed by atoms with Crippen LogP contribution < -0.4 is 0 Å². The van der Waals surface area contributed by atoms with Gasteiger partial charge in [0.25, 0.3) is 0 Å². The lowest BCUT2D eigenvalue weighted by Gasteiger charge is -1.98. The molecule has 5 heteroatoms. The minimum Gasteiger partial charge on any atom is -0.508 e. The molecule has 4 nitrogen and oxygen atoms in total. The molecule has 0 atom stereocenters. The number of phenols is 1. The van der Waals surface area contributed by atoms with E-state index in [1.807, 2.05) is 0 Å². The molecule has 0 amide bonds. The number of aromatic nitrogens is 3. The lowest BCUT2D eigenvalue weighted by atomic mass is 10.2. The quantitative estimate of drug-likeness (QED) is 0.730. The summed E-state index contributed by atoms with van der Waals surface area (Å²) in [4.78, 5) is 3.93. The van der Waals surface area contributed by atoms with Crippen LogP contribution >= 0.6 is 11.6 Å². The summed E-state index contributed by atoms with van der Waals surface area (Å²) < 4.78 is 0. The van der Waals surface area contributed by atoms with Gasteiger partial charge in [-0.25, -0.2) is 4.98 Å². The van der Waals surface area contributed by atoms with Crippen molar-refractivity contribution in [3.63, 3.8) is 0 Å². The van der Waals surface area contributed by atoms with Crippen molar-refractivity contribution < 1.29 is 5.11 Å². The maximum atomic E-state index is 9.25. The third kappa shape index (κ3) is 1.62. The first-order valence-electron chi connectivity index (χ1n) is 3.61. The van der Waals surface area contributed by atoms with Gasteiger partial charge in [-0.3, -0.25) is 5.10 Å². The topological polar surface area (TPSA) is 61.8 Å². The average molecular weight is 196 g/mol. The van der Waals surface area contributed by atoms with Gasteiger partial charge in [0.05, 0.1) is 0 Å². The summed E-state index contributed by atoms with van der Waals surface area (Å²) in [6.07, 6.45) is 1.40. The van der Waals surface area contributed by atoms with E-state index in [9.17, 15) is 5.11 Å². The number of rotatable bonds is 1. The zero-order valence-electron chi connectivity index (χ0n) is 6.53. The molecule has 2 aromatic rings. The number of H-pyrrole nitrogens is 1. The second kappa shape index (κ2) is 3.06. The number of hydrogen-bond donors (Lipinski definition) is 2. The number of benzene rings is 1. The Labute approximate surface area is 79.2 Å². The van der Waals surface area contributed by atoms with Crippen LogP contribution in [0.4, 0.5) is 0 Å². The van der Waals surface area contributed by atoms with Crippen molar-refractivity contribution in [2.45, 2.75) is 0 Å². The molecule has 0 radical (unpaired) electrons. The minimum absolute atomic E-state index is 0.110. The molecule has 0 saturated heterocycles. The number of aromatic hydroxyl groups is 1. The van der Waals surface area contributed by atoms with Gasteiger partial charge in [0.2, 0.25) is 0 Å². The van der Waals surface area contributed by atoms with E-state index in [1.54, 1.807) is 12.1 Å². The molecule has 0 unspecified atom stereocenters. The molecule has 0 spiro atoms. The largest absolute Gasteiger partial charge is 0.508 e. The molecule has 13 heavy (non-hydrogen) atoms. The molecule has 0 bridgehead atoms. The Kier molecular flexibility index (Phi) is 1.90. The SMILES string of the molecule is Oc1cc(Cl)cc(-c2ncn[nH]2)c1. The fourth-order valence-electron chi connectivity index (χ4n) is 1.06. The molecule has 0 aliphatic heterocycles. The lowest BCUT2D eigenvalue weighted by molar-refractivity contribution is 0.475. The van der Waals surface area contributed by atoms with Gasteiger partial charge >= 0.3 is 0 Å². The predicted molar refractivity (Wildman–Crippen MR) is 48.5 cm³/mol. The van der Waals surface area contributed by atoms with Gasteiger partial charge in [0, 0.05) is 10.6 Å². The molecule has 1 heterocycles. The van der Waals surface area contributed by atoms with Crippen LogP contribution in [-0.4, -0.2) is 20.3 Å². The number of nitrogens with one attached hydrogen (secondary N) is 1. The Balaban J connectivity index is 2.53. The van der Waals surface area contributed by atoms with E-state index in [2.05, 4.69) is 15.2 Å². The van der Waals surface area contributed by atoms with Crippen LogP contribution in [-0.2, 0) is 0 Å². The highest BCUT2D eigenvalue weighted by Gasteiger charge is 2.03. The Bertz CT molecular complexity index is 393. The van der Waals surface area contributed by atoms with Crippen LogP contribution in [0.15, 0.2) is 24.5 Å². The summed E-state index contributed by atoms with van der Waals surface area (Å²) in [6.45, 7) is 0. The lowest BCUT2D eigenvalue weighted by Crippen LogP contribution is -1.80. The van der Waals surface area contributed by atoms with Gasteiger partial charge in [0.1, 0.15) is 12.1 Å². The third-order valence-corrected chi connectivity index (χ3v) is 1.79. The summed E-state index contributed by atoms with van der Waals surface area (Å²) >= 11 is 5.74. The average Bonchev–Trinajstić information content (AvgIpc) is 2.53. The summed E-state index contributed by atoms with van der Waals surface area (Å²) in [5.74, 6) is 0.691. The molecular weight excluding hydrogens is 190 g/mol. The van der Waals surface area contributed by atoms with Crippen LogP contribution in [0, 0.1) is 0 Å². The molecule has 0 aliphatic rings. The van der Waals surface area contributed by atoms with Crippen LogP contribution in [0.5, 0.6) is 5.75 Å². The van der Waals surface area contributed by atoms with E-state index in [4.69, 9.17) is 11.6 Å². The van der Waals surface area contributed by atoms with Crippen LogP contribution in [0.2, 0.25) is 5.02 Å². The first-order valence-corrected chi connectivity index (χ1v) is 3.99. The summed E-state index contributed by atoms with van der Waals surface area (Å²) in [6, 6.07) is 4.72. The summed E-state index contributed by atoms with van der Waals surface area (Å²) in [5, 5.41) is 16.1. The van der Waals surface area contributed by atoms with Gasteiger partial charge in [-0.2, -0.15) is 5.10 Å². The first-order chi connectivity index (χ1) is 6.25. The minimum atomic E-state index is 0.110. The Morgan fingerprint density at radius 3 is 2.77 bits per heavy atom. The van der Waals surface area contributed by atoms with Crippen molar-refractivity contribution in [1.29, 1.82) is 0 Å². The van der Waals surface area contributed by atoms with Crippen molar-refractivity contribution in [1.82, 2.24) is 15.2 Å². The summed E-state index contributed by atoms with van der Waals surface area (Å²) in [5.41, 5.74) is 0.711. The normalized spacial score (nSPS) is 10.2. The van der Waals surface area contributed by atoms with Crippen molar-refractivity contribution in [3.05, 3.63) is 29.5 Å². The Morgan fingerprint density at radius 1 is 1.31 bits per heavy atom. The number of nitrogens with zero attached hydrogens (tertiary/aromatic N) is 2. The number of hydrogen-bond acceptors (Lipinski definition) is 3. The van der Waals surface area contributed by atoms with Crippen LogP contribution in [0.1, 0.15) is 0 Å². The molecule has 66 valence electrons. The fourth-order valence-corrected chi connectivity index (χ4v) is 1.28. The molecule has 0 aliphatic carbocycles. The second-order valence-corrected chi connectivity index (χ2v) is 2.97. The molecular formula is C8H6ClN3O. The third-order valence-electron chi connectivity index (χ3n) is 1.57. The van der Waals surface area contributed by atoms with E-state index < -0.39 is 0 Å². The van der Waals surface area contributed by atoms with Crippen LogP contribution in [0.25, 0.3) is 11.4 Å². The van der Waals surface area contributed by atoms with E-state index in [1.165, 1.54) is 12.4 Å². The highest BCUT2D eigenvalue weighted by Crippen LogP contribution is 2.24. The van der Waals surface area contributed by atoms with Gasteiger partial charge < -0.3 is 5.11 Å². The number of aromatic amines is 1. The van der Waals surface area contributed by atoms with Crippen molar-refractivity contribution in [2.24, 2.45) is 0 Å². The highest BCUT2D eigenvalue weighted by molar-refractivity contribution is 6.31. The molecule has 2 N–H and O–H groups in total. The van der Waals surface area contributed by atoms with Crippen molar-refractivity contribution in [2.75, 3.05) is 0 Å². The van der Waals surface area contributed by atoms with E-state index in [0.717, 1.165) is 0 Å². The Hall–Kier alpha value is -1.55. The second-order valence-electron chi connectivity index (χ2n) is 2.53. The van der Waals surface area contributed by atoms with Crippen molar-refractivity contribution >= 4 is 11.6 Å². The zero-order chi connectivity index (χ0) is 9.26. The van der Waals surface area contributed by atoms with E-state index in [-0.39, 0.29) is 5.75 Å². The monoisotopic (exact) mass is 195 g/mol. The van der Waals surface area contributed by atoms with E-state index >= 15 is 0 Å². The zero-order valence-corrected chi connectivity index (χ0v) is 7.28. The molecule has 2 rings (SSSR count). The van der Waals surface area contributed by atoms with Gasteiger partial charge in [-0.15, -0.1) is 0 Å². The number of phenolic OH excluding ortho intramolecular Hbond substituents is 1. The van der Waals surface area contributed by atoms with Gasteiger partial charge in [-0.1, -0.05) is 11.6 Å². The van der Waals surface area contributed by atoms with Crippen molar-refractivity contribution in [3.8, 4) is 17.1 Å². The molecule has 1 aromatic heterocycles. The first kappa shape index (κ1) is 8.07. The Morgan fingerprint density at radius 2 is 2.15 bits per heavy atom. The number of halogens is 1. The predicted octanol–water partition coefficient (Wildman–Crippen LogP) is 1.83. The maximum Gasteiger partial charge on any atom is 0.155 e. The standard InChI is InChI=1S/C8H6ClN3O/c9-6-1-5(2-7(13)3-6)8-10-4-11-12-8/h1-4,13H,(H,10,11,12). The molecule has 0 saturated carbocycles. The van der Waals surface area contributed by atoms with E-state index in [0.29, 0.717) is 16.4 Å². The van der Waals surface area contributed by atoms with Gasteiger partial charge in [-0.05, 0) is 18.2 Å². The fraction of sp³-hybridized carbons (Fsp3) is 0. The maximum absolute atomic E-state index is 9.25. The molecule has 0 fully saturated rings. The summed E-state index contributed by atoms with van der Waals surface area (Å²) in [7, 11) is 0. The highest BCUT2D eigenvalue weighted by atomic mass is 35.5. The van der Waals surface area contributed by atoms with Crippen LogP contribution in [0.3, 0.4) is 0 Å². The molecule has 1 aromatic carbocycles.